The van der Waals surface area contributed by atoms with Crippen molar-refractivity contribution in [3.63, 3.8) is 0 Å². The van der Waals surface area contributed by atoms with Crippen LogP contribution in [0.3, 0.4) is 0 Å². The Bertz CT molecular complexity index is 177. The summed E-state index contributed by atoms with van der Waals surface area (Å²) in [5.74, 6) is 0.252. The van der Waals surface area contributed by atoms with Crippen LogP contribution in [0.1, 0.15) is 6.42 Å². The van der Waals surface area contributed by atoms with Gasteiger partial charge in [-0.2, -0.15) is 0 Å². The molecule has 0 aliphatic carbocycles. The summed E-state index contributed by atoms with van der Waals surface area (Å²) in [6.07, 6.45) is 0.302. The molecule has 0 aromatic rings. The molecule has 1 atom stereocenters. The van der Waals surface area contributed by atoms with E-state index in [0.29, 0.717) is 6.42 Å². The lowest BCUT2D eigenvalue weighted by molar-refractivity contribution is 0.596. The summed E-state index contributed by atoms with van der Waals surface area (Å²) in [6.45, 7) is 0. The van der Waals surface area contributed by atoms with E-state index in [2.05, 4.69) is 0 Å². The molecule has 1 unspecified atom stereocenters. The van der Waals surface area contributed by atoms with E-state index in [9.17, 15) is 8.42 Å². The quantitative estimate of drug-likeness (QED) is 0.540. The van der Waals surface area contributed by atoms with Crippen LogP contribution in [0.4, 0.5) is 0 Å². The van der Waals surface area contributed by atoms with Crippen LogP contribution in [0.5, 0.6) is 0 Å². The van der Waals surface area contributed by atoms with Gasteiger partial charge in [0.1, 0.15) is 0 Å². The molecule has 0 bridgehead atoms. The van der Waals surface area contributed by atoms with Crippen molar-refractivity contribution in [1.29, 1.82) is 0 Å². The maximum absolute atomic E-state index is 10.6. The second kappa shape index (κ2) is 4.65. The van der Waals surface area contributed by atoms with Crippen LogP contribution in [0, 0.1) is 0 Å². The minimum atomic E-state index is -3.52. The lowest BCUT2D eigenvalue weighted by atomic mass is 10.4. The van der Waals surface area contributed by atoms with E-state index in [4.69, 9.17) is 33.9 Å². The van der Waals surface area contributed by atoms with E-state index in [1.165, 1.54) is 0 Å². The molecule has 0 N–H and O–H groups in total. The van der Waals surface area contributed by atoms with Crippen LogP contribution in [-0.4, -0.2) is 25.4 Å². The van der Waals surface area contributed by atoms with Gasteiger partial charge in [0.25, 0.3) is 0 Å². The van der Waals surface area contributed by atoms with E-state index in [-0.39, 0.29) is 11.8 Å². The highest BCUT2D eigenvalue weighted by molar-refractivity contribution is 8.14. The van der Waals surface area contributed by atoms with Gasteiger partial charge < -0.3 is 0 Å². The first-order valence-corrected chi connectivity index (χ1v) is 6.02. The van der Waals surface area contributed by atoms with Gasteiger partial charge in [-0.15, -0.1) is 23.2 Å². The molecule has 0 saturated heterocycles. The first-order valence-electron chi connectivity index (χ1n) is 2.57. The van der Waals surface area contributed by atoms with Gasteiger partial charge in [0, 0.05) is 22.4 Å². The molecule has 0 amide bonds. The van der Waals surface area contributed by atoms with Gasteiger partial charge in [0.2, 0.25) is 9.05 Å². The highest BCUT2D eigenvalue weighted by Gasteiger charge is 2.20. The fraction of sp³-hybridized carbons (Fsp3) is 1.00. The van der Waals surface area contributed by atoms with E-state index >= 15 is 0 Å². The van der Waals surface area contributed by atoms with Crippen LogP contribution in [0.15, 0.2) is 0 Å². The fourth-order valence-electron chi connectivity index (χ4n) is 0.415. The van der Waals surface area contributed by atoms with E-state index in [1.807, 2.05) is 0 Å². The molecule has 0 saturated carbocycles. The van der Waals surface area contributed by atoms with Crippen LogP contribution in [-0.2, 0) is 9.05 Å². The molecule has 2 nitrogen and oxygen atoms in total. The summed E-state index contributed by atoms with van der Waals surface area (Å²) < 4.78 is 21.1. The zero-order valence-corrected chi connectivity index (χ0v) is 8.14. The Morgan fingerprint density at radius 1 is 1.30 bits per heavy atom. The van der Waals surface area contributed by atoms with Crippen molar-refractivity contribution in [2.24, 2.45) is 0 Å². The predicted octanol–water partition coefficient (Wildman–Crippen LogP) is 1.79. The number of hydrogen-bond acceptors (Lipinski definition) is 2. The van der Waals surface area contributed by atoms with E-state index in [1.54, 1.807) is 0 Å². The fourth-order valence-corrected chi connectivity index (χ4v) is 2.66. The Kier molecular flexibility index (Phi) is 5.03. The minimum Gasteiger partial charge on any atom is -0.212 e. The maximum Gasteiger partial charge on any atom is 0.236 e. The molecule has 0 radical (unpaired) electrons. The topological polar surface area (TPSA) is 34.1 Å². The standard InChI is InChI=1S/C4H7Cl3O2S/c5-2-1-4(3-6)10(7,8)9/h4H,1-3H2. The van der Waals surface area contributed by atoms with Crippen LogP contribution in [0.2, 0.25) is 0 Å². The molecule has 10 heavy (non-hydrogen) atoms. The number of hydrogen-bond donors (Lipinski definition) is 0. The Morgan fingerprint density at radius 2 is 1.80 bits per heavy atom. The summed E-state index contributed by atoms with van der Waals surface area (Å²) in [5.41, 5.74) is 0. The molecule has 0 fully saturated rings. The summed E-state index contributed by atoms with van der Waals surface area (Å²) in [4.78, 5) is 0. The largest absolute Gasteiger partial charge is 0.236 e. The van der Waals surface area contributed by atoms with Crippen molar-refractivity contribution in [3.8, 4) is 0 Å². The lowest BCUT2D eigenvalue weighted by Crippen LogP contribution is -2.18. The molecule has 0 aliphatic heterocycles. The Balaban J connectivity index is 4.08. The van der Waals surface area contributed by atoms with Gasteiger partial charge in [0.05, 0.1) is 5.25 Å². The smallest absolute Gasteiger partial charge is 0.212 e. The molecular weight excluding hydrogens is 218 g/mol. The highest BCUT2D eigenvalue weighted by Crippen LogP contribution is 2.13. The molecule has 0 rings (SSSR count). The van der Waals surface area contributed by atoms with Crippen molar-refractivity contribution in [2.45, 2.75) is 11.7 Å². The van der Waals surface area contributed by atoms with E-state index < -0.39 is 14.3 Å². The van der Waals surface area contributed by atoms with Crippen LogP contribution < -0.4 is 0 Å². The van der Waals surface area contributed by atoms with Crippen LogP contribution >= 0.6 is 33.9 Å². The molecule has 0 aromatic carbocycles. The molecule has 0 aromatic heterocycles. The summed E-state index contributed by atoms with van der Waals surface area (Å²) >= 11 is 10.6. The van der Waals surface area contributed by atoms with Crippen molar-refractivity contribution in [2.75, 3.05) is 11.8 Å². The summed E-state index contributed by atoms with van der Waals surface area (Å²) in [6, 6.07) is 0. The van der Waals surface area contributed by atoms with E-state index in [0.717, 1.165) is 0 Å². The predicted molar refractivity (Wildman–Crippen MR) is 44.6 cm³/mol. The molecular formula is C4H7Cl3O2S. The minimum absolute atomic E-state index is 0.00144. The Labute approximate surface area is 74.9 Å². The molecule has 62 valence electrons. The maximum atomic E-state index is 10.6. The third-order valence-corrected chi connectivity index (χ3v) is 3.73. The molecule has 0 spiro atoms. The average Bonchev–Trinajstić information content (AvgIpc) is 1.80. The van der Waals surface area contributed by atoms with Gasteiger partial charge in [-0.05, 0) is 6.42 Å². The normalized spacial score (nSPS) is 15.1. The van der Waals surface area contributed by atoms with Crippen molar-refractivity contribution < 1.29 is 8.42 Å². The monoisotopic (exact) mass is 224 g/mol. The second-order valence-corrected chi connectivity index (χ2v) is 5.32. The van der Waals surface area contributed by atoms with Crippen molar-refractivity contribution in [1.82, 2.24) is 0 Å². The second-order valence-electron chi connectivity index (χ2n) is 1.73. The number of halogens is 3. The Hall–Kier alpha value is 0.820. The third-order valence-electron chi connectivity index (χ3n) is 1.00. The molecule has 0 aliphatic rings. The zero-order chi connectivity index (χ0) is 8.20. The van der Waals surface area contributed by atoms with Gasteiger partial charge >= 0.3 is 0 Å². The summed E-state index contributed by atoms with van der Waals surface area (Å²) in [5, 5.41) is -0.715. The van der Waals surface area contributed by atoms with Gasteiger partial charge in [-0.3, -0.25) is 0 Å². The van der Waals surface area contributed by atoms with Gasteiger partial charge in [0.15, 0.2) is 0 Å². The summed E-state index contributed by atoms with van der Waals surface area (Å²) in [7, 11) is 1.49. The Morgan fingerprint density at radius 3 is 1.90 bits per heavy atom. The first kappa shape index (κ1) is 10.8. The SMILES string of the molecule is O=S(=O)(Cl)C(CCl)CCCl. The molecule has 0 heterocycles. The van der Waals surface area contributed by atoms with Crippen LogP contribution in [0.25, 0.3) is 0 Å². The number of rotatable bonds is 4. The first-order chi connectivity index (χ1) is 4.52. The average molecular weight is 226 g/mol. The lowest BCUT2D eigenvalue weighted by Gasteiger charge is -2.05. The van der Waals surface area contributed by atoms with Crippen molar-refractivity contribution in [3.05, 3.63) is 0 Å². The highest BCUT2D eigenvalue weighted by atomic mass is 35.7. The third kappa shape index (κ3) is 3.86. The van der Waals surface area contributed by atoms with Gasteiger partial charge in [-0.1, -0.05) is 0 Å². The molecule has 6 heteroatoms. The van der Waals surface area contributed by atoms with Gasteiger partial charge in [-0.25, -0.2) is 8.42 Å². The number of alkyl halides is 2. The van der Waals surface area contributed by atoms with Crippen molar-refractivity contribution >= 4 is 42.9 Å². The zero-order valence-electron chi connectivity index (χ0n) is 5.06.